The van der Waals surface area contributed by atoms with E-state index in [9.17, 15) is 0 Å². The van der Waals surface area contributed by atoms with E-state index in [1.807, 2.05) is 0 Å². The van der Waals surface area contributed by atoms with E-state index in [0.29, 0.717) is 0 Å². The van der Waals surface area contributed by atoms with Crippen molar-refractivity contribution in [2.45, 2.75) is 0 Å². The van der Waals surface area contributed by atoms with E-state index >= 15 is 0 Å². The van der Waals surface area contributed by atoms with Gasteiger partial charge in [0.15, 0.2) is 0 Å². The van der Waals surface area contributed by atoms with Gasteiger partial charge >= 0.3 is 0 Å². The molecule has 1 aromatic carbocycles. The molecule has 0 fully saturated rings. The summed E-state index contributed by atoms with van der Waals surface area (Å²) in [5.74, 6) is 0. The van der Waals surface area contributed by atoms with Gasteiger partial charge in [0.2, 0.25) is 0 Å². The van der Waals surface area contributed by atoms with Crippen LogP contribution in [0, 0.1) is 0 Å². The molecule has 1 aliphatic rings. The third-order valence-electron chi connectivity index (χ3n) is 2.08. The Labute approximate surface area is 80.8 Å². The fraction of sp³-hybridized carbons (Fsp3) is 0.200. The molecule has 0 N–H and O–H groups in total. The first kappa shape index (κ1) is 7.87. The Morgan fingerprint density at radius 3 is 3.08 bits per heavy atom. The number of hydrogen-bond donors (Lipinski definition) is 0. The molecule has 2 rings (SSSR count). The van der Waals surface area contributed by atoms with Crippen molar-refractivity contribution in [2.24, 2.45) is 0 Å². The average Bonchev–Trinajstić information content (AvgIpc) is 2.07. The topological polar surface area (TPSA) is 3.24 Å². The Balaban J connectivity index is 2.56. The van der Waals surface area contributed by atoms with E-state index in [2.05, 4.69) is 58.2 Å². The first-order valence-corrected chi connectivity index (χ1v) is 4.74. The van der Waals surface area contributed by atoms with Crippen molar-refractivity contribution < 1.29 is 0 Å². The standard InChI is InChI=1S/C10H10BrN/c1-12-6-2-3-8-4-5-9(11)7-10(8)12/h2-5,7H,6H2,1H3. The van der Waals surface area contributed by atoms with E-state index < -0.39 is 0 Å². The average molecular weight is 224 g/mol. The quantitative estimate of drug-likeness (QED) is 0.654. The normalized spacial score (nSPS) is 14.7. The predicted octanol–water partition coefficient (Wildman–Crippen LogP) is 2.91. The van der Waals surface area contributed by atoms with E-state index in [0.717, 1.165) is 11.0 Å². The Bertz CT molecular complexity index is 331. The van der Waals surface area contributed by atoms with Crippen LogP contribution in [0.25, 0.3) is 6.08 Å². The lowest BCUT2D eigenvalue weighted by Gasteiger charge is -2.23. The summed E-state index contributed by atoms with van der Waals surface area (Å²) < 4.78 is 1.14. The highest BCUT2D eigenvalue weighted by molar-refractivity contribution is 9.10. The molecular weight excluding hydrogens is 214 g/mol. The van der Waals surface area contributed by atoms with Crippen LogP contribution in [-0.4, -0.2) is 13.6 Å². The van der Waals surface area contributed by atoms with Crippen molar-refractivity contribution in [1.82, 2.24) is 0 Å². The third kappa shape index (κ3) is 1.27. The van der Waals surface area contributed by atoms with Crippen molar-refractivity contribution in [3.8, 4) is 0 Å². The molecule has 1 aliphatic heterocycles. The molecule has 1 nitrogen and oxygen atoms in total. The van der Waals surface area contributed by atoms with Gasteiger partial charge in [-0.1, -0.05) is 34.1 Å². The third-order valence-corrected chi connectivity index (χ3v) is 2.57. The lowest BCUT2D eigenvalue weighted by atomic mass is 10.1. The van der Waals surface area contributed by atoms with E-state index in [4.69, 9.17) is 0 Å². The Kier molecular flexibility index (Phi) is 1.93. The van der Waals surface area contributed by atoms with E-state index in [1.54, 1.807) is 0 Å². The van der Waals surface area contributed by atoms with Crippen LogP contribution in [0.5, 0.6) is 0 Å². The Morgan fingerprint density at radius 2 is 2.25 bits per heavy atom. The molecule has 12 heavy (non-hydrogen) atoms. The maximum absolute atomic E-state index is 3.47. The van der Waals surface area contributed by atoms with Crippen LogP contribution in [0.2, 0.25) is 0 Å². The molecule has 0 amide bonds. The van der Waals surface area contributed by atoms with Gasteiger partial charge in [0.25, 0.3) is 0 Å². The monoisotopic (exact) mass is 223 g/mol. The van der Waals surface area contributed by atoms with Gasteiger partial charge in [-0.3, -0.25) is 0 Å². The zero-order chi connectivity index (χ0) is 8.55. The van der Waals surface area contributed by atoms with Crippen LogP contribution < -0.4 is 4.90 Å². The van der Waals surface area contributed by atoms with Gasteiger partial charge in [-0.2, -0.15) is 0 Å². The molecule has 62 valence electrons. The highest BCUT2D eigenvalue weighted by atomic mass is 79.9. The first-order chi connectivity index (χ1) is 5.77. The fourth-order valence-corrected chi connectivity index (χ4v) is 1.77. The number of halogens is 1. The fourth-order valence-electron chi connectivity index (χ4n) is 1.42. The van der Waals surface area contributed by atoms with Gasteiger partial charge in [-0.25, -0.2) is 0 Å². The molecule has 0 bridgehead atoms. The van der Waals surface area contributed by atoms with Gasteiger partial charge in [0.05, 0.1) is 0 Å². The Morgan fingerprint density at radius 1 is 1.42 bits per heavy atom. The van der Waals surface area contributed by atoms with E-state index in [-0.39, 0.29) is 0 Å². The summed E-state index contributed by atoms with van der Waals surface area (Å²) in [4.78, 5) is 2.24. The molecule has 2 heteroatoms. The van der Waals surface area contributed by atoms with Crippen molar-refractivity contribution >= 4 is 27.7 Å². The smallest absolute Gasteiger partial charge is 0.0451 e. The van der Waals surface area contributed by atoms with Crippen molar-refractivity contribution in [3.63, 3.8) is 0 Å². The molecule has 0 radical (unpaired) electrons. The lowest BCUT2D eigenvalue weighted by Crippen LogP contribution is -2.19. The second-order valence-electron chi connectivity index (χ2n) is 2.99. The Hall–Kier alpha value is -0.760. The first-order valence-electron chi connectivity index (χ1n) is 3.94. The minimum atomic E-state index is 1.00. The van der Waals surface area contributed by atoms with Crippen LogP contribution >= 0.6 is 15.9 Å². The van der Waals surface area contributed by atoms with Crippen molar-refractivity contribution in [3.05, 3.63) is 34.3 Å². The molecular formula is C10H10BrN. The summed E-state index contributed by atoms with van der Waals surface area (Å²) in [6.45, 7) is 1.00. The van der Waals surface area contributed by atoms with Crippen molar-refractivity contribution in [2.75, 3.05) is 18.5 Å². The summed E-state index contributed by atoms with van der Waals surface area (Å²) in [6, 6.07) is 6.35. The molecule has 0 atom stereocenters. The van der Waals surface area contributed by atoms with Gasteiger partial charge in [0, 0.05) is 23.8 Å². The SMILES string of the molecule is CN1CC=Cc2ccc(Br)cc21. The second-order valence-corrected chi connectivity index (χ2v) is 3.90. The van der Waals surface area contributed by atoms with E-state index in [1.165, 1.54) is 11.3 Å². The lowest BCUT2D eigenvalue weighted by molar-refractivity contribution is 1.02. The van der Waals surface area contributed by atoms with Crippen LogP contribution in [0.3, 0.4) is 0 Å². The highest BCUT2D eigenvalue weighted by Gasteiger charge is 2.08. The molecule has 0 aliphatic carbocycles. The minimum absolute atomic E-state index is 1.00. The summed E-state index contributed by atoms with van der Waals surface area (Å²) >= 11 is 3.47. The zero-order valence-electron chi connectivity index (χ0n) is 6.92. The maximum atomic E-state index is 3.47. The number of benzene rings is 1. The predicted molar refractivity (Wildman–Crippen MR) is 56.4 cm³/mol. The molecule has 0 spiro atoms. The number of anilines is 1. The molecule has 0 saturated heterocycles. The van der Waals surface area contributed by atoms with Crippen LogP contribution in [0.4, 0.5) is 5.69 Å². The highest BCUT2D eigenvalue weighted by Crippen LogP contribution is 2.27. The van der Waals surface area contributed by atoms with Crippen LogP contribution in [0.1, 0.15) is 5.56 Å². The summed E-state index contributed by atoms with van der Waals surface area (Å²) in [5.41, 5.74) is 2.60. The largest absolute Gasteiger partial charge is 0.370 e. The molecule has 1 aromatic rings. The van der Waals surface area contributed by atoms with Crippen molar-refractivity contribution in [1.29, 1.82) is 0 Å². The molecule has 0 aromatic heterocycles. The number of nitrogens with zero attached hydrogens (tertiary/aromatic N) is 1. The molecule has 0 saturated carbocycles. The molecule has 1 heterocycles. The zero-order valence-corrected chi connectivity index (χ0v) is 8.51. The van der Waals surface area contributed by atoms with Crippen LogP contribution in [0.15, 0.2) is 28.7 Å². The minimum Gasteiger partial charge on any atom is -0.370 e. The summed E-state index contributed by atoms with van der Waals surface area (Å²) in [5, 5.41) is 0. The molecule has 0 unspecified atom stereocenters. The van der Waals surface area contributed by atoms with Gasteiger partial charge in [-0.15, -0.1) is 0 Å². The van der Waals surface area contributed by atoms with Crippen LogP contribution in [-0.2, 0) is 0 Å². The number of hydrogen-bond acceptors (Lipinski definition) is 1. The number of likely N-dealkylation sites (N-methyl/N-ethyl adjacent to an activating group) is 1. The summed E-state index contributed by atoms with van der Waals surface area (Å²) in [7, 11) is 2.11. The van der Waals surface area contributed by atoms with Gasteiger partial charge < -0.3 is 4.90 Å². The van der Waals surface area contributed by atoms with Gasteiger partial charge in [-0.05, 0) is 17.7 Å². The number of fused-ring (bicyclic) bond motifs is 1. The summed E-state index contributed by atoms with van der Waals surface area (Å²) in [6.07, 6.45) is 4.35. The number of rotatable bonds is 0. The maximum Gasteiger partial charge on any atom is 0.0451 e. The van der Waals surface area contributed by atoms with Gasteiger partial charge in [0.1, 0.15) is 0 Å². The second kappa shape index (κ2) is 2.94.